The molecule has 31 heteroatoms. The van der Waals surface area contributed by atoms with Crippen LogP contribution < -0.4 is 5.32 Å². The number of Topliss-reactive ketones (excluding diaryl/α,β-unsaturated/α-hetero) is 1. The summed E-state index contributed by atoms with van der Waals surface area (Å²) in [7, 11) is 9.27. The van der Waals surface area contributed by atoms with Crippen LogP contribution in [0.5, 0.6) is 0 Å². The van der Waals surface area contributed by atoms with Crippen molar-refractivity contribution in [2.75, 3.05) is 108 Å². The van der Waals surface area contributed by atoms with Crippen LogP contribution in [-0.4, -0.2) is 294 Å². The van der Waals surface area contributed by atoms with E-state index >= 15 is 0 Å². The van der Waals surface area contributed by atoms with Crippen molar-refractivity contribution in [3.8, 4) is 0 Å². The molecule has 16 atom stereocenters. The van der Waals surface area contributed by atoms with E-state index in [2.05, 4.69) is 5.32 Å². The Morgan fingerprint density at radius 3 is 1.21 bits per heavy atom. The maximum atomic E-state index is 13.0. The first-order chi connectivity index (χ1) is 56.6. The highest BCUT2D eigenvalue weighted by Gasteiger charge is 2.64. The third kappa shape index (κ3) is 20.8. The fourth-order valence-corrected chi connectivity index (χ4v) is 16.2. The smallest absolute Gasteiger partial charge is 0.410 e. The Bertz CT molecular complexity index is 4100. The number of likely N-dealkylation sites (tertiary alicyclic amines) is 4. The largest absolute Gasteiger partial charge is 0.445 e. The minimum atomic E-state index is -1.07. The molecule has 4 N–H and O–H groups in total. The number of carbonyl (C=O) groups is 5. The number of amides is 4. The number of ketones is 1. The third-order valence-electron chi connectivity index (χ3n) is 22.2. The summed E-state index contributed by atoms with van der Waals surface area (Å²) >= 11 is 0. The number of aliphatic hydroxyl groups is 3. The van der Waals surface area contributed by atoms with Gasteiger partial charge in [0.1, 0.15) is 131 Å². The zero-order valence-electron chi connectivity index (χ0n) is 67.4. The van der Waals surface area contributed by atoms with E-state index in [0.717, 1.165) is 33.4 Å². The summed E-state index contributed by atoms with van der Waals surface area (Å²) in [6.45, 7) is 9.74. The average Bonchev–Trinajstić information content (AvgIpc) is 1.57. The van der Waals surface area contributed by atoms with Gasteiger partial charge >= 0.3 is 24.4 Å². The molecule has 10 saturated heterocycles. The molecule has 10 fully saturated rings. The third-order valence-corrected chi connectivity index (χ3v) is 22.2. The van der Waals surface area contributed by atoms with E-state index in [1.807, 2.05) is 182 Å². The Morgan fingerprint density at radius 2 is 0.761 bits per heavy atom. The summed E-state index contributed by atoms with van der Waals surface area (Å²) in [4.78, 5) is 68.7. The van der Waals surface area contributed by atoms with Crippen LogP contribution in [0.25, 0.3) is 0 Å². The zero-order valence-corrected chi connectivity index (χ0v) is 67.4. The van der Waals surface area contributed by atoms with Crippen molar-refractivity contribution in [3.05, 3.63) is 215 Å². The van der Waals surface area contributed by atoms with Gasteiger partial charge in [-0.25, -0.2) is 19.2 Å². The molecule has 16 rings (SSSR count). The lowest BCUT2D eigenvalue weighted by Crippen LogP contribution is -2.55. The van der Waals surface area contributed by atoms with E-state index in [0.29, 0.717) is 46.1 Å². The normalized spacial score (nSPS) is 28.3. The number of nitrogens with one attached hydrogen (secondary N) is 1. The Labute approximate surface area is 681 Å². The van der Waals surface area contributed by atoms with E-state index < -0.39 is 102 Å². The number of methoxy groups -OCH3 is 6. The van der Waals surface area contributed by atoms with Crippen LogP contribution in [0, 0.1) is 0 Å². The molecule has 10 aliphatic heterocycles. The van der Waals surface area contributed by atoms with Crippen LogP contribution >= 0.6 is 0 Å². The van der Waals surface area contributed by atoms with Gasteiger partial charge in [-0.1, -0.05) is 182 Å². The molecule has 6 aromatic carbocycles. The monoisotopic (exact) mass is 1630 g/mol. The van der Waals surface area contributed by atoms with Crippen molar-refractivity contribution in [2.24, 2.45) is 0 Å². The van der Waals surface area contributed by atoms with Gasteiger partial charge in [-0.3, -0.25) is 24.4 Å². The fourth-order valence-electron chi connectivity index (χ4n) is 16.2. The van der Waals surface area contributed by atoms with Gasteiger partial charge in [0.2, 0.25) is 17.4 Å². The van der Waals surface area contributed by atoms with Crippen LogP contribution in [0.15, 0.2) is 182 Å². The molecule has 117 heavy (non-hydrogen) atoms. The second-order valence-corrected chi connectivity index (χ2v) is 30.7. The second kappa shape index (κ2) is 40.4. The van der Waals surface area contributed by atoms with E-state index in [4.69, 9.17) is 85.3 Å². The summed E-state index contributed by atoms with van der Waals surface area (Å²) in [5, 5.41) is 33.0. The van der Waals surface area contributed by atoms with Crippen LogP contribution in [0.1, 0.15) is 54.2 Å². The topological polar surface area (TPSA) is 337 Å². The number of hydrogen-bond acceptors (Lipinski definition) is 27. The molecule has 634 valence electrons. The van der Waals surface area contributed by atoms with Crippen molar-refractivity contribution < 1.29 is 125 Å². The molecule has 6 aromatic rings. The first-order valence-corrected chi connectivity index (χ1v) is 39.2. The lowest BCUT2D eigenvalue weighted by atomic mass is 10.0. The average molecular weight is 1630 g/mol. The molecule has 0 unspecified atom stereocenters. The summed E-state index contributed by atoms with van der Waals surface area (Å²) in [5.41, 5.74) is 5.27. The highest BCUT2D eigenvalue weighted by molar-refractivity contribution is 5.91. The fraction of sp³-hybridized carbons (Fsp3) is 0.523. The minimum absolute atomic E-state index is 0.00297. The predicted octanol–water partition coefficient (Wildman–Crippen LogP) is 6.96. The van der Waals surface area contributed by atoms with Crippen molar-refractivity contribution in [1.82, 2.24) is 24.9 Å². The highest BCUT2D eigenvalue weighted by Crippen LogP contribution is 2.43. The molecule has 4 amide bonds. The molecule has 0 spiro atoms. The Balaban J connectivity index is 0.000000138. The SMILES string of the molecule is COC1(OC)CO[C@@H]2[C@H](O)CN(C(=O)OC(C)(C)C)[C@@H]21.COC1(OC)CO[C@@H]2[C@H](O)CN[C@@H]21.COC1(OC)CO[C@H]2[C@@H]1N(C(=O)OCc1ccccc1)C[C@H]2OCc1ccccc1.O=C(OCc1ccccc1)N1C[C@@H](OCc2ccccc2)[C@H]2OC[C@H](O)[C@H]21.O=C1CO[C@H]2[C@@H]1N(C(=O)OCc1ccccc1)C[C@H]2OCc1ccccc1. The molecule has 0 bridgehead atoms. The molecule has 0 saturated carbocycles. The van der Waals surface area contributed by atoms with E-state index in [1.54, 1.807) is 59.0 Å². The van der Waals surface area contributed by atoms with Gasteiger partial charge in [-0.05, 0) is 54.2 Å². The number of benzene rings is 6. The van der Waals surface area contributed by atoms with Gasteiger partial charge in [0.25, 0.3) is 0 Å². The van der Waals surface area contributed by atoms with Gasteiger partial charge in [0.05, 0.1) is 70.8 Å². The van der Waals surface area contributed by atoms with Crippen LogP contribution in [-0.2, 0) is 130 Å². The van der Waals surface area contributed by atoms with Gasteiger partial charge in [0.15, 0.2) is 5.78 Å². The number of hydrogen-bond donors (Lipinski definition) is 4. The first-order valence-electron chi connectivity index (χ1n) is 39.2. The van der Waals surface area contributed by atoms with Gasteiger partial charge < -0.3 is 106 Å². The maximum absolute atomic E-state index is 13.0. The quantitative estimate of drug-likeness (QED) is 0.0418. The molecule has 0 radical (unpaired) electrons. The molecular weight excluding hydrogens is 1520 g/mol. The minimum Gasteiger partial charge on any atom is -0.445 e. The highest BCUT2D eigenvalue weighted by atomic mass is 16.7. The second-order valence-electron chi connectivity index (χ2n) is 30.7. The number of β-amino-alcohol motifs (C(OH)–C–C–N with tert-alkyl or cyclic N) is 2. The van der Waals surface area contributed by atoms with Crippen molar-refractivity contribution in [2.45, 2.75) is 181 Å². The molecule has 0 aliphatic carbocycles. The number of ether oxygens (including phenoxy) is 18. The first kappa shape index (κ1) is 87.7. The molecule has 31 nitrogen and oxygen atoms in total. The lowest BCUT2D eigenvalue weighted by molar-refractivity contribution is -0.225. The van der Waals surface area contributed by atoms with Crippen molar-refractivity contribution in [1.29, 1.82) is 0 Å². The Hall–Kier alpha value is -8.65. The van der Waals surface area contributed by atoms with Crippen LogP contribution in [0.3, 0.4) is 0 Å². The van der Waals surface area contributed by atoms with Crippen molar-refractivity contribution >= 4 is 30.2 Å². The standard InChI is InChI=1S/C23H27NO6.C21H23NO5.C21H21NO5.C13H23NO6.C8H15NO4/c1-26-23(27-2)16-30-20-19(28-14-17-9-5-3-6-10-17)13-24(21(20)23)22(25)29-15-18-11-7-4-8-12-18;2*23-17-14-26-20-18(25-12-15-7-3-1-4-8-15)11-22(19(17)20)21(24)27-13-16-9-5-2-6-10-16;1-12(2,3)20-11(16)14-6-8(15)9-10(14)13(17-4,18-5)7-19-9;1-11-8(12-2)4-13-6-5(10)3-9-7(6)8/h3-12,19-21H,13-16H2,1-2H3;1-10,17-20,23H,11-14H2;1-10,18-20H,11-14H2;8-10,15H,6-7H2,1-5H3;5-7,9-10H,3-4H2,1-2H3/t19-,20-,21+;17-,18+,19+,20+;18-,19-,20-;8-,9-,10+;5-,6-,7+/m10111/s1. The van der Waals surface area contributed by atoms with Gasteiger partial charge in [0, 0.05) is 49.2 Å². The predicted molar refractivity (Wildman–Crippen MR) is 417 cm³/mol. The van der Waals surface area contributed by atoms with Crippen LogP contribution in [0.4, 0.5) is 19.2 Å². The van der Waals surface area contributed by atoms with Crippen LogP contribution in [0.2, 0.25) is 0 Å². The summed E-state index contributed by atoms with van der Waals surface area (Å²) < 4.78 is 101. The molecular formula is C86H109N5O26. The molecule has 10 aliphatic rings. The number of aliphatic hydroxyl groups excluding tert-OH is 3. The molecule has 0 aromatic heterocycles. The van der Waals surface area contributed by atoms with Crippen molar-refractivity contribution in [3.63, 3.8) is 0 Å². The van der Waals surface area contributed by atoms with Gasteiger partial charge in [-0.15, -0.1) is 0 Å². The summed E-state index contributed by atoms with van der Waals surface area (Å²) in [6.07, 6.45) is -6.73. The van der Waals surface area contributed by atoms with E-state index in [1.165, 1.54) is 24.0 Å². The van der Waals surface area contributed by atoms with E-state index in [9.17, 15) is 39.3 Å². The number of carbonyl (C=O) groups excluding carboxylic acids is 5. The van der Waals surface area contributed by atoms with E-state index in [-0.39, 0.29) is 108 Å². The number of fused-ring (bicyclic) bond motifs is 5. The Morgan fingerprint density at radius 1 is 0.402 bits per heavy atom. The summed E-state index contributed by atoms with van der Waals surface area (Å²) in [6, 6.07) is 55.9. The summed E-state index contributed by atoms with van der Waals surface area (Å²) in [5.74, 6) is -2.97. The maximum Gasteiger partial charge on any atom is 0.410 e. The number of nitrogens with zero attached hydrogens (tertiary/aromatic N) is 4. The number of rotatable bonds is 21. The van der Waals surface area contributed by atoms with Gasteiger partial charge in [-0.2, -0.15) is 0 Å². The Kier molecular flexibility index (Phi) is 30.3. The molecule has 10 heterocycles. The lowest BCUT2D eigenvalue weighted by Gasteiger charge is -2.36. The zero-order chi connectivity index (χ0) is 82.9.